The third-order valence-corrected chi connectivity index (χ3v) is 5.58. The number of rotatable bonds is 7. The summed E-state index contributed by atoms with van der Waals surface area (Å²) in [5, 5.41) is 0.670. The number of furan rings is 1. The van der Waals surface area contributed by atoms with Crippen LogP contribution in [0.5, 0.6) is 5.75 Å². The van der Waals surface area contributed by atoms with E-state index in [0.29, 0.717) is 23.2 Å². The first kappa shape index (κ1) is 18.5. The molecule has 0 bridgehead atoms. The maximum absolute atomic E-state index is 12.2. The van der Waals surface area contributed by atoms with Gasteiger partial charge in [-0.2, -0.15) is 0 Å². The summed E-state index contributed by atoms with van der Waals surface area (Å²) in [6.45, 7) is 4.29. The number of halogens is 1. The van der Waals surface area contributed by atoms with Crippen molar-refractivity contribution in [3.8, 4) is 5.75 Å². The summed E-state index contributed by atoms with van der Waals surface area (Å²) < 4.78 is 11.5. The lowest BCUT2D eigenvalue weighted by Crippen LogP contribution is -1.95. The lowest BCUT2D eigenvalue weighted by atomic mass is 10.2. The van der Waals surface area contributed by atoms with Crippen molar-refractivity contribution in [3.05, 3.63) is 80.4 Å². The van der Waals surface area contributed by atoms with Gasteiger partial charge in [-0.25, -0.2) is 0 Å². The SMILES string of the molecule is CCc1ccc(C(=O)/C=C/c2ccc(COc3cccc(Cl)c3C)o2)s1. The van der Waals surface area contributed by atoms with E-state index in [1.807, 2.05) is 49.4 Å². The molecule has 1 aromatic carbocycles. The molecule has 0 fully saturated rings. The Kier molecular flexibility index (Phi) is 5.96. The van der Waals surface area contributed by atoms with Gasteiger partial charge in [0, 0.05) is 15.5 Å². The van der Waals surface area contributed by atoms with Crippen LogP contribution in [0.4, 0.5) is 0 Å². The Labute approximate surface area is 161 Å². The van der Waals surface area contributed by atoms with Crippen molar-refractivity contribution >= 4 is 34.8 Å². The van der Waals surface area contributed by atoms with Crippen LogP contribution < -0.4 is 4.74 Å². The summed E-state index contributed by atoms with van der Waals surface area (Å²) >= 11 is 7.62. The highest BCUT2D eigenvalue weighted by molar-refractivity contribution is 7.14. The van der Waals surface area contributed by atoms with Gasteiger partial charge in [0.25, 0.3) is 0 Å². The van der Waals surface area contributed by atoms with Crippen molar-refractivity contribution < 1.29 is 13.9 Å². The minimum Gasteiger partial charge on any atom is -0.485 e. The molecule has 0 N–H and O–H groups in total. The largest absolute Gasteiger partial charge is 0.485 e. The van der Waals surface area contributed by atoms with Gasteiger partial charge in [-0.3, -0.25) is 4.79 Å². The number of hydrogen-bond donors (Lipinski definition) is 0. The number of carbonyl (C=O) groups excluding carboxylic acids is 1. The minimum atomic E-state index is -0.0153. The summed E-state index contributed by atoms with van der Waals surface area (Å²) in [5.41, 5.74) is 0.897. The van der Waals surface area contributed by atoms with Gasteiger partial charge in [0.05, 0.1) is 4.88 Å². The fraction of sp³-hybridized carbons (Fsp3) is 0.190. The fourth-order valence-electron chi connectivity index (χ4n) is 2.39. The topological polar surface area (TPSA) is 39.4 Å². The molecule has 3 nitrogen and oxygen atoms in total. The smallest absolute Gasteiger partial charge is 0.195 e. The molecule has 0 unspecified atom stereocenters. The van der Waals surface area contributed by atoms with Gasteiger partial charge in [-0.15, -0.1) is 11.3 Å². The summed E-state index contributed by atoms with van der Waals surface area (Å²) in [7, 11) is 0. The van der Waals surface area contributed by atoms with Crippen LogP contribution in [0.15, 0.2) is 53.0 Å². The monoisotopic (exact) mass is 386 g/mol. The zero-order chi connectivity index (χ0) is 18.5. The molecular formula is C21H19ClO3S. The Balaban J connectivity index is 1.60. The number of carbonyl (C=O) groups is 1. The van der Waals surface area contributed by atoms with E-state index in [1.54, 1.807) is 6.08 Å². The van der Waals surface area contributed by atoms with Crippen LogP contribution in [0.2, 0.25) is 5.02 Å². The predicted molar refractivity (Wildman–Crippen MR) is 106 cm³/mol. The molecule has 0 saturated carbocycles. The van der Waals surface area contributed by atoms with E-state index < -0.39 is 0 Å². The van der Waals surface area contributed by atoms with Crippen LogP contribution >= 0.6 is 22.9 Å². The van der Waals surface area contributed by atoms with E-state index in [4.69, 9.17) is 20.8 Å². The Bertz CT molecular complexity index is 936. The molecule has 0 aliphatic rings. The Morgan fingerprint density at radius 3 is 2.85 bits per heavy atom. The van der Waals surface area contributed by atoms with E-state index in [1.165, 1.54) is 22.3 Å². The molecule has 3 aromatic rings. The molecule has 0 aliphatic heterocycles. The van der Waals surface area contributed by atoms with Crippen LogP contribution in [0.25, 0.3) is 6.08 Å². The zero-order valence-corrected chi connectivity index (χ0v) is 16.2. The van der Waals surface area contributed by atoms with Crippen LogP contribution in [0.3, 0.4) is 0 Å². The number of benzene rings is 1. The molecule has 0 spiro atoms. The van der Waals surface area contributed by atoms with Crippen molar-refractivity contribution in [2.75, 3.05) is 0 Å². The lowest BCUT2D eigenvalue weighted by molar-refractivity contribution is 0.105. The van der Waals surface area contributed by atoms with Crippen LogP contribution in [-0.2, 0) is 13.0 Å². The third kappa shape index (κ3) is 4.45. The average molecular weight is 387 g/mol. The normalized spacial score (nSPS) is 11.2. The van der Waals surface area contributed by atoms with Gasteiger partial charge in [0.15, 0.2) is 5.78 Å². The lowest BCUT2D eigenvalue weighted by Gasteiger charge is -2.08. The summed E-state index contributed by atoms with van der Waals surface area (Å²) in [4.78, 5) is 14.1. The average Bonchev–Trinajstić information content (AvgIpc) is 3.30. The number of thiophene rings is 1. The van der Waals surface area contributed by atoms with Crippen LogP contribution in [-0.4, -0.2) is 5.78 Å². The van der Waals surface area contributed by atoms with Crippen LogP contribution in [0.1, 0.15) is 38.6 Å². The molecule has 0 radical (unpaired) electrons. The summed E-state index contributed by atoms with van der Waals surface area (Å²) in [5.74, 6) is 2.01. The number of aryl methyl sites for hydroxylation is 1. The van der Waals surface area contributed by atoms with E-state index in [0.717, 1.165) is 22.6 Å². The maximum Gasteiger partial charge on any atom is 0.195 e. The molecular weight excluding hydrogens is 368 g/mol. The van der Waals surface area contributed by atoms with Crippen molar-refractivity contribution in [2.45, 2.75) is 26.9 Å². The molecule has 0 saturated heterocycles. The van der Waals surface area contributed by atoms with E-state index in [9.17, 15) is 4.79 Å². The third-order valence-electron chi connectivity index (χ3n) is 3.92. The van der Waals surface area contributed by atoms with Crippen molar-refractivity contribution in [3.63, 3.8) is 0 Å². The molecule has 0 aliphatic carbocycles. The molecule has 5 heteroatoms. The first-order chi connectivity index (χ1) is 12.6. The van der Waals surface area contributed by atoms with Crippen LogP contribution in [0, 0.1) is 6.92 Å². The number of hydrogen-bond acceptors (Lipinski definition) is 4. The van der Waals surface area contributed by atoms with Crippen molar-refractivity contribution in [1.82, 2.24) is 0 Å². The highest BCUT2D eigenvalue weighted by Crippen LogP contribution is 2.26. The van der Waals surface area contributed by atoms with Gasteiger partial charge in [-0.05, 0) is 61.9 Å². The van der Waals surface area contributed by atoms with E-state index >= 15 is 0 Å². The predicted octanol–water partition coefficient (Wildman–Crippen LogP) is 6.34. The van der Waals surface area contributed by atoms with E-state index in [2.05, 4.69) is 6.92 Å². The molecule has 3 rings (SSSR count). The molecule has 0 amide bonds. The van der Waals surface area contributed by atoms with Gasteiger partial charge < -0.3 is 9.15 Å². The fourth-order valence-corrected chi connectivity index (χ4v) is 3.43. The Morgan fingerprint density at radius 1 is 1.23 bits per heavy atom. The first-order valence-electron chi connectivity index (χ1n) is 8.34. The second-order valence-corrected chi connectivity index (χ2v) is 7.35. The quantitative estimate of drug-likeness (QED) is 0.351. The van der Waals surface area contributed by atoms with Crippen molar-refractivity contribution in [2.24, 2.45) is 0 Å². The summed E-state index contributed by atoms with van der Waals surface area (Å²) in [6.07, 6.45) is 4.16. The standard InChI is InChI=1S/C21H19ClO3S/c1-3-17-10-12-21(26-17)19(23)11-9-15-7-8-16(25-15)13-24-20-6-4-5-18(22)14(20)2/h4-12H,3,13H2,1-2H3/b11-9+. The molecule has 26 heavy (non-hydrogen) atoms. The minimum absolute atomic E-state index is 0.0153. The van der Waals surface area contributed by atoms with E-state index in [-0.39, 0.29) is 5.78 Å². The zero-order valence-electron chi connectivity index (χ0n) is 14.6. The maximum atomic E-state index is 12.2. The molecule has 2 aromatic heterocycles. The highest BCUT2D eigenvalue weighted by Gasteiger charge is 2.07. The van der Waals surface area contributed by atoms with Gasteiger partial charge >= 0.3 is 0 Å². The Morgan fingerprint density at radius 2 is 2.08 bits per heavy atom. The highest BCUT2D eigenvalue weighted by atomic mass is 35.5. The van der Waals surface area contributed by atoms with Crippen molar-refractivity contribution in [1.29, 1.82) is 0 Å². The molecule has 0 atom stereocenters. The number of ether oxygens (including phenoxy) is 1. The molecule has 134 valence electrons. The van der Waals surface area contributed by atoms with Gasteiger partial charge in [-0.1, -0.05) is 24.6 Å². The second kappa shape index (κ2) is 8.39. The Hall–Kier alpha value is -2.30. The molecule has 2 heterocycles. The number of allylic oxidation sites excluding steroid dienone is 1. The second-order valence-electron chi connectivity index (χ2n) is 5.77. The van der Waals surface area contributed by atoms with Gasteiger partial charge in [0.1, 0.15) is 23.9 Å². The summed E-state index contributed by atoms with van der Waals surface area (Å²) in [6, 6.07) is 13.1. The number of ketones is 1. The van der Waals surface area contributed by atoms with Gasteiger partial charge in [0.2, 0.25) is 0 Å². The first-order valence-corrected chi connectivity index (χ1v) is 9.54.